The second-order valence-corrected chi connectivity index (χ2v) is 7.20. The lowest BCUT2D eigenvalue weighted by atomic mass is 10.1. The van der Waals surface area contributed by atoms with Crippen LogP contribution in [-0.2, 0) is 6.42 Å². The third kappa shape index (κ3) is 3.47. The van der Waals surface area contributed by atoms with Crippen LogP contribution in [-0.4, -0.2) is 25.9 Å². The summed E-state index contributed by atoms with van der Waals surface area (Å²) in [6.45, 7) is 6.06. The first-order chi connectivity index (χ1) is 12.6. The van der Waals surface area contributed by atoms with Crippen molar-refractivity contribution in [2.75, 3.05) is 0 Å². The summed E-state index contributed by atoms with van der Waals surface area (Å²) >= 11 is 0. The fourth-order valence-corrected chi connectivity index (χ4v) is 3.09. The Labute approximate surface area is 154 Å². The minimum absolute atomic E-state index is 0.0464. The summed E-state index contributed by atoms with van der Waals surface area (Å²) in [6.07, 6.45) is 7.15. The van der Waals surface area contributed by atoms with Gasteiger partial charge in [-0.2, -0.15) is 9.78 Å². The van der Waals surface area contributed by atoms with Gasteiger partial charge in [0, 0.05) is 24.4 Å². The molecule has 0 saturated heterocycles. The summed E-state index contributed by atoms with van der Waals surface area (Å²) in [7, 11) is 0. The Balaban J connectivity index is 1.72. The fraction of sp³-hybridized carbons (Fsp3) is 0.381. The van der Waals surface area contributed by atoms with Crippen molar-refractivity contribution in [1.29, 1.82) is 0 Å². The molecular formula is C21H24N4O. The molecule has 134 valence electrons. The Kier molecular flexibility index (Phi) is 4.45. The van der Waals surface area contributed by atoms with Gasteiger partial charge in [-0.25, -0.2) is 9.97 Å². The molecule has 1 aliphatic rings. The first-order valence-electron chi connectivity index (χ1n) is 9.23. The average molecular weight is 348 g/mol. The molecule has 1 aromatic carbocycles. The van der Waals surface area contributed by atoms with E-state index in [1.165, 1.54) is 24.0 Å². The number of benzene rings is 1. The van der Waals surface area contributed by atoms with Gasteiger partial charge in [0.05, 0.1) is 11.8 Å². The van der Waals surface area contributed by atoms with Gasteiger partial charge in [0.25, 0.3) is 5.95 Å². The van der Waals surface area contributed by atoms with E-state index in [0.29, 0.717) is 11.9 Å². The number of aromatic nitrogens is 4. The van der Waals surface area contributed by atoms with Crippen molar-refractivity contribution in [3.8, 4) is 11.8 Å². The van der Waals surface area contributed by atoms with Crippen molar-refractivity contribution in [1.82, 2.24) is 19.7 Å². The molecule has 0 atom stereocenters. The van der Waals surface area contributed by atoms with E-state index in [2.05, 4.69) is 39.3 Å². The number of rotatable bonds is 6. The molecule has 4 rings (SSSR count). The lowest BCUT2D eigenvalue weighted by Gasteiger charge is -2.13. The van der Waals surface area contributed by atoms with E-state index in [1.54, 1.807) is 4.68 Å². The van der Waals surface area contributed by atoms with Crippen molar-refractivity contribution in [3.63, 3.8) is 0 Å². The fourth-order valence-electron chi connectivity index (χ4n) is 3.09. The molecule has 0 spiro atoms. The van der Waals surface area contributed by atoms with E-state index in [1.807, 2.05) is 39.2 Å². The topological polar surface area (TPSA) is 52.8 Å². The molecule has 0 bridgehead atoms. The second kappa shape index (κ2) is 6.90. The van der Waals surface area contributed by atoms with E-state index < -0.39 is 0 Å². The van der Waals surface area contributed by atoms with Crippen LogP contribution in [0, 0.1) is 6.92 Å². The Hall–Kier alpha value is -2.69. The number of nitrogens with zero attached hydrogens (tertiary/aromatic N) is 4. The van der Waals surface area contributed by atoms with Crippen LogP contribution in [0.2, 0.25) is 0 Å². The van der Waals surface area contributed by atoms with E-state index in [9.17, 15) is 0 Å². The van der Waals surface area contributed by atoms with Crippen molar-refractivity contribution >= 4 is 0 Å². The molecule has 1 aliphatic carbocycles. The molecule has 5 heteroatoms. The lowest BCUT2D eigenvalue weighted by Crippen LogP contribution is -2.13. The second-order valence-electron chi connectivity index (χ2n) is 7.20. The maximum absolute atomic E-state index is 6.13. The van der Waals surface area contributed by atoms with Crippen molar-refractivity contribution < 1.29 is 4.74 Å². The van der Waals surface area contributed by atoms with Crippen molar-refractivity contribution in [3.05, 3.63) is 65.1 Å². The molecule has 0 aliphatic heterocycles. The van der Waals surface area contributed by atoms with Gasteiger partial charge in [0.15, 0.2) is 0 Å². The Morgan fingerprint density at radius 1 is 1.12 bits per heavy atom. The number of aryl methyl sites for hydroxylation is 1. The highest BCUT2D eigenvalue weighted by atomic mass is 16.5. The Morgan fingerprint density at radius 2 is 1.81 bits per heavy atom. The van der Waals surface area contributed by atoms with Crippen LogP contribution >= 0.6 is 0 Å². The molecule has 2 heterocycles. The summed E-state index contributed by atoms with van der Waals surface area (Å²) in [5, 5.41) is 4.69. The molecule has 0 amide bonds. The summed E-state index contributed by atoms with van der Waals surface area (Å²) in [5.41, 5.74) is 4.47. The first kappa shape index (κ1) is 16.8. The van der Waals surface area contributed by atoms with Gasteiger partial charge in [0.2, 0.25) is 5.88 Å². The molecule has 26 heavy (non-hydrogen) atoms. The monoisotopic (exact) mass is 348 g/mol. The smallest absolute Gasteiger partial charge is 0.253 e. The molecule has 0 unspecified atom stereocenters. The first-order valence-corrected chi connectivity index (χ1v) is 9.23. The summed E-state index contributed by atoms with van der Waals surface area (Å²) < 4.78 is 7.87. The van der Waals surface area contributed by atoms with Gasteiger partial charge in [-0.05, 0) is 50.7 Å². The minimum atomic E-state index is 0.0464. The zero-order valence-corrected chi connectivity index (χ0v) is 15.5. The van der Waals surface area contributed by atoms with Gasteiger partial charge < -0.3 is 4.74 Å². The Morgan fingerprint density at radius 3 is 2.42 bits per heavy atom. The lowest BCUT2D eigenvalue weighted by molar-refractivity contribution is 0.223. The molecule has 1 fully saturated rings. The number of hydrogen-bond donors (Lipinski definition) is 0. The van der Waals surface area contributed by atoms with E-state index in [4.69, 9.17) is 4.74 Å². The molecule has 5 nitrogen and oxygen atoms in total. The molecule has 1 saturated carbocycles. The maximum Gasteiger partial charge on any atom is 0.253 e. The zero-order chi connectivity index (χ0) is 18.1. The van der Waals surface area contributed by atoms with Crippen LogP contribution in [0.5, 0.6) is 5.88 Å². The minimum Gasteiger partial charge on any atom is -0.475 e. The van der Waals surface area contributed by atoms with Gasteiger partial charge in [0.1, 0.15) is 0 Å². The third-order valence-corrected chi connectivity index (χ3v) is 4.60. The highest BCUT2D eigenvalue weighted by molar-refractivity contribution is 5.40. The van der Waals surface area contributed by atoms with Crippen LogP contribution in [0.4, 0.5) is 0 Å². The quantitative estimate of drug-likeness (QED) is 0.669. The molecule has 2 aromatic heterocycles. The molecule has 0 radical (unpaired) electrons. The van der Waals surface area contributed by atoms with E-state index in [0.717, 1.165) is 23.6 Å². The largest absolute Gasteiger partial charge is 0.475 e. The summed E-state index contributed by atoms with van der Waals surface area (Å²) in [5.74, 6) is 1.94. The molecule has 0 N–H and O–H groups in total. The van der Waals surface area contributed by atoms with E-state index >= 15 is 0 Å². The van der Waals surface area contributed by atoms with Crippen molar-refractivity contribution in [2.45, 2.75) is 52.1 Å². The standard InChI is InChI=1S/C21H24N4O/c1-14(2)26-20-19(11-16-7-5-4-6-8-16)15(3)24-25(20)21-22-12-18(13-23-21)17-9-10-17/h4-8,12-14,17H,9-11H2,1-3H3. The van der Waals surface area contributed by atoms with Crippen LogP contribution in [0.25, 0.3) is 5.95 Å². The van der Waals surface area contributed by atoms with Gasteiger partial charge in [-0.1, -0.05) is 30.3 Å². The van der Waals surface area contributed by atoms with Gasteiger partial charge in [-0.3, -0.25) is 0 Å². The predicted molar refractivity (Wildman–Crippen MR) is 101 cm³/mol. The predicted octanol–water partition coefficient (Wildman–Crippen LogP) is 4.23. The van der Waals surface area contributed by atoms with E-state index in [-0.39, 0.29) is 6.10 Å². The van der Waals surface area contributed by atoms with Crippen molar-refractivity contribution in [2.24, 2.45) is 0 Å². The van der Waals surface area contributed by atoms with Gasteiger partial charge in [-0.15, -0.1) is 0 Å². The number of hydrogen-bond acceptors (Lipinski definition) is 4. The molecule has 3 aromatic rings. The third-order valence-electron chi connectivity index (χ3n) is 4.60. The van der Waals surface area contributed by atoms with Crippen LogP contribution in [0.15, 0.2) is 42.7 Å². The summed E-state index contributed by atoms with van der Waals surface area (Å²) in [6, 6.07) is 10.4. The number of ether oxygens (including phenoxy) is 1. The Bertz CT molecular complexity index is 880. The van der Waals surface area contributed by atoms with Crippen LogP contribution in [0.3, 0.4) is 0 Å². The molecular weight excluding hydrogens is 324 g/mol. The average Bonchev–Trinajstić information content (AvgIpc) is 3.44. The highest BCUT2D eigenvalue weighted by Crippen LogP contribution is 2.39. The van der Waals surface area contributed by atoms with Gasteiger partial charge >= 0.3 is 0 Å². The SMILES string of the molecule is Cc1nn(-c2ncc(C3CC3)cn2)c(OC(C)C)c1Cc1ccccc1. The highest BCUT2D eigenvalue weighted by Gasteiger charge is 2.25. The van der Waals surface area contributed by atoms with Crippen LogP contribution in [0.1, 0.15) is 55.0 Å². The maximum atomic E-state index is 6.13. The van der Waals surface area contributed by atoms with Crippen LogP contribution < -0.4 is 4.74 Å². The normalized spacial score (nSPS) is 14.0. The zero-order valence-electron chi connectivity index (χ0n) is 15.5. The summed E-state index contributed by atoms with van der Waals surface area (Å²) in [4.78, 5) is 9.10.